The quantitative estimate of drug-likeness (QED) is 0.763. The van der Waals surface area contributed by atoms with Crippen LogP contribution in [0.1, 0.15) is 25.0 Å². The smallest absolute Gasteiger partial charge is 0.339 e. The van der Waals surface area contributed by atoms with Crippen LogP contribution in [0.3, 0.4) is 0 Å². The molecule has 0 aliphatic rings. The predicted molar refractivity (Wildman–Crippen MR) is 92.5 cm³/mol. The molecule has 1 aromatic heterocycles. The third-order valence-corrected chi connectivity index (χ3v) is 4.07. The zero-order chi connectivity index (χ0) is 15.4. The largest absolute Gasteiger partial charge is 0.497 e. The lowest BCUT2D eigenvalue weighted by molar-refractivity contribution is 0.306. The van der Waals surface area contributed by atoms with Crippen LogP contribution < -0.4 is 10.4 Å². The van der Waals surface area contributed by atoms with Crippen molar-refractivity contribution in [2.24, 2.45) is 0 Å². The maximum atomic E-state index is 12.2. The van der Waals surface area contributed by atoms with Gasteiger partial charge in [0.2, 0.25) is 0 Å². The molecule has 0 unspecified atom stereocenters. The number of fused-ring (bicyclic) bond motifs is 1. The minimum atomic E-state index is -0.236. The van der Waals surface area contributed by atoms with Gasteiger partial charge in [0.25, 0.3) is 0 Å². The average molecular weight is 326 g/mol. The van der Waals surface area contributed by atoms with Crippen molar-refractivity contribution >= 4 is 23.4 Å². The van der Waals surface area contributed by atoms with Crippen LogP contribution >= 0.6 is 12.4 Å². The van der Waals surface area contributed by atoms with Crippen molar-refractivity contribution in [3.63, 3.8) is 0 Å². The van der Waals surface area contributed by atoms with E-state index < -0.39 is 0 Å². The molecule has 0 atom stereocenters. The fraction of sp³-hybridized carbons (Fsp3) is 0.471. The van der Waals surface area contributed by atoms with Crippen LogP contribution in [0, 0.1) is 6.92 Å². The van der Waals surface area contributed by atoms with Gasteiger partial charge in [-0.05, 0) is 44.1 Å². The fourth-order valence-corrected chi connectivity index (χ4v) is 2.60. The Kier molecular flexibility index (Phi) is 6.91. The van der Waals surface area contributed by atoms with Crippen LogP contribution in [0.15, 0.2) is 27.4 Å². The predicted octanol–water partition coefficient (Wildman–Crippen LogP) is 3.42. The van der Waals surface area contributed by atoms with Crippen LogP contribution in [-0.4, -0.2) is 31.6 Å². The van der Waals surface area contributed by atoms with Gasteiger partial charge in [-0.3, -0.25) is 0 Å². The highest BCUT2D eigenvalue weighted by Crippen LogP contribution is 2.24. The molecule has 0 aliphatic carbocycles. The van der Waals surface area contributed by atoms with Crippen molar-refractivity contribution in [2.45, 2.75) is 27.2 Å². The van der Waals surface area contributed by atoms with Gasteiger partial charge in [-0.15, -0.1) is 12.4 Å². The molecule has 4 nitrogen and oxygen atoms in total. The molecular formula is C17H24ClNO3. The summed E-state index contributed by atoms with van der Waals surface area (Å²) in [6, 6.07) is 5.61. The number of hydrogen-bond donors (Lipinski definition) is 0. The summed E-state index contributed by atoms with van der Waals surface area (Å²) in [6.07, 6.45) is 0.720. The monoisotopic (exact) mass is 325 g/mol. The highest BCUT2D eigenvalue weighted by atomic mass is 35.5. The van der Waals surface area contributed by atoms with E-state index in [2.05, 4.69) is 18.7 Å². The summed E-state index contributed by atoms with van der Waals surface area (Å²) in [4.78, 5) is 14.5. The van der Waals surface area contributed by atoms with E-state index >= 15 is 0 Å². The summed E-state index contributed by atoms with van der Waals surface area (Å²) < 4.78 is 10.6. The van der Waals surface area contributed by atoms with E-state index in [0.717, 1.165) is 42.6 Å². The molecule has 0 saturated heterocycles. The van der Waals surface area contributed by atoms with Crippen LogP contribution in [-0.2, 0) is 6.42 Å². The van der Waals surface area contributed by atoms with E-state index in [9.17, 15) is 4.79 Å². The third-order valence-electron chi connectivity index (χ3n) is 4.07. The van der Waals surface area contributed by atoms with Crippen LogP contribution in [0.25, 0.3) is 11.0 Å². The van der Waals surface area contributed by atoms with Crippen molar-refractivity contribution in [3.05, 3.63) is 39.7 Å². The van der Waals surface area contributed by atoms with Gasteiger partial charge < -0.3 is 14.1 Å². The summed E-state index contributed by atoms with van der Waals surface area (Å²) in [7, 11) is 1.60. The summed E-state index contributed by atoms with van der Waals surface area (Å²) in [6.45, 7) is 9.11. The Hall–Kier alpha value is -1.52. The number of hydrogen-bond acceptors (Lipinski definition) is 4. The molecule has 0 radical (unpaired) electrons. The standard InChI is InChI=1S/C17H23NO3.ClH/c1-5-18(6-2)10-9-15-12(3)14-8-7-13(20-4)11-16(14)21-17(15)19;/h7-8,11H,5-6,9-10H2,1-4H3;1H. The Morgan fingerprint density at radius 2 is 1.91 bits per heavy atom. The number of nitrogens with zero attached hydrogens (tertiary/aromatic N) is 1. The lowest BCUT2D eigenvalue weighted by Gasteiger charge is -2.18. The van der Waals surface area contributed by atoms with Crippen molar-refractivity contribution < 1.29 is 9.15 Å². The number of ether oxygens (including phenoxy) is 1. The Bertz CT molecular complexity index is 677. The van der Waals surface area contributed by atoms with Crippen molar-refractivity contribution in [1.29, 1.82) is 0 Å². The Morgan fingerprint density at radius 1 is 1.23 bits per heavy atom. The lowest BCUT2D eigenvalue weighted by atomic mass is 10.0. The second kappa shape index (κ2) is 8.20. The number of likely N-dealkylation sites (N-methyl/N-ethyl adjacent to an activating group) is 1. The molecule has 1 aromatic carbocycles. The Labute approximate surface area is 137 Å². The first-order valence-electron chi connectivity index (χ1n) is 7.43. The van der Waals surface area contributed by atoms with E-state index in [0.29, 0.717) is 11.3 Å². The van der Waals surface area contributed by atoms with Crippen LogP contribution in [0.4, 0.5) is 0 Å². The highest BCUT2D eigenvalue weighted by molar-refractivity contribution is 5.85. The number of halogens is 1. The van der Waals surface area contributed by atoms with Crippen molar-refractivity contribution in [3.8, 4) is 5.75 Å². The average Bonchev–Trinajstić information content (AvgIpc) is 2.50. The minimum absolute atomic E-state index is 0. The van der Waals surface area contributed by atoms with Crippen LogP contribution in [0.2, 0.25) is 0 Å². The molecule has 2 aromatic rings. The van der Waals surface area contributed by atoms with E-state index in [1.54, 1.807) is 13.2 Å². The first kappa shape index (κ1) is 18.5. The lowest BCUT2D eigenvalue weighted by Crippen LogP contribution is -2.27. The zero-order valence-electron chi connectivity index (χ0n) is 13.6. The number of rotatable bonds is 6. The molecule has 0 fully saturated rings. The van der Waals surface area contributed by atoms with Gasteiger partial charge in [0.05, 0.1) is 7.11 Å². The summed E-state index contributed by atoms with van der Waals surface area (Å²) in [5.41, 5.74) is 2.14. The Morgan fingerprint density at radius 3 is 2.50 bits per heavy atom. The van der Waals surface area contributed by atoms with Gasteiger partial charge in [-0.25, -0.2) is 4.79 Å². The van der Waals surface area contributed by atoms with Gasteiger partial charge in [0, 0.05) is 23.6 Å². The maximum Gasteiger partial charge on any atom is 0.339 e. The number of aryl methyl sites for hydroxylation is 1. The summed E-state index contributed by atoms with van der Waals surface area (Å²) in [5.74, 6) is 0.695. The minimum Gasteiger partial charge on any atom is -0.497 e. The van der Waals surface area contributed by atoms with Gasteiger partial charge in [0.1, 0.15) is 11.3 Å². The molecule has 0 amide bonds. The Balaban J connectivity index is 0.00000242. The second-order valence-corrected chi connectivity index (χ2v) is 5.13. The molecule has 0 N–H and O–H groups in total. The molecule has 0 saturated carbocycles. The molecule has 1 heterocycles. The third kappa shape index (κ3) is 3.81. The van der Waals surface area contributed by atoms with E-state index in [4.69, 9.17) is 9.15 Å². The first-order chi connectivity index (χ1) is 10.1. The van der Waals surface area contributed by atoms with Crippen molar-refractivity contribution in [2.75, 3.05) is 26.7 Å². The van der Waals surface area contributed by atoms with Gasteiger partial charge >= 0.3 is 5.63 Å². The SMILES string of the molecule is CCN(CC)CCc1c(C)c2ccc(OC)cc2oc1=O.Cl. The first-order valence-corrected chi connectivity index (χ1v) is 7.43. The van der Waals surface area contributed by atoms with Crippen molar-refractivity contribution in [1.82, 2.24) is 4.90 Å². The molecule has 0 bridgehead atoms. The van der Waals surface area contributed by atoms with Gasteiger partial charge in [-0.2, -0.15) is 0 Å². The second-order valence-electron chi connectivity index (χ2n) is 5.13. The topological polar surface area (TPSA) is 42.7 Å². The molecule has 122 valence electrons. The normalized spacial score (nSPS) is 10.8. The molecule has 0 aliphatic heterocycles. The summed E-state index contributed by atoms with van der Waals surface area (Å²) in [5, 5.41) is 0.977. The highest BCUT2D eigenvalue weighted by Gasteiger charge is 2.12. The molecule has 2 rings (SSSR count). The fourth-order valence-electron chi connectivity index (χ4n) is 2.60. The number of methoxy groups -OCH3 is 1. The van der Waals surface area contributed by atoms with E-state index in [-0.39, 0.29) is 18.0 Å². The van der Waals surface area contributed by atoms with Crippen LogP contribution in [0.5, 0.6) is 5.75 Å². The summed E-state index contributed by atoms with van der Waals surface area (Å²) >= 11 is 0. The molecule has 5 heteroatoms. The number of benzene rings is 1. The molecule has 0 spiro atoms. The van der Waals surface area contributed by atoms with Gasteiger partial charge in [0.15, 0.2) is 0 Å². The van der Waals surface area contributed by atoms with E-state index in [1.807, 2.05) is 19.1 Å². The molecule has 22 heavy (non-hydrogen) atoms. The zero-order valence-corrected chi connectivity index (χ0v) is 14.5. The van der Waals surface area contributed by atoms with Gasteiger partial charge in [-0.1, -0.05) is 13.8 Å². The maximum absolute atomic E-state index is 12.2. The van der Waals surface area contributed by atoms with E-state index in [1.165, 1.54) is 0 Å². The molecular weight excluding hydrogens is 302 g/mol.